The fourth-order valence-electron chi connectivity index (χ4n) is 9.67. The fourth-order valence-corrected chi connectivity index (χ4v) is 9.67. The van der Waals surface area contributed by atoms with Gasteiger partial charge in [-0.05, 0) is 73.8 Å². The zero-order valence-electron chi connectivity index (χ0n) is 39.4. The van der Waals surface area contributed by atoms with Gasteiger partial charge < -0.3 is 49.1 Å². The van der Waals surface area contributed by atoms with E-state index in [1.165, 1.54) is 20.3 Å². The maximum atomic E-state index is 16.9. The highest BCUT2D eigenvalue weighted by molar-refractivity contribution is 5.93. The maximum absolute atomic E-state index is 16.9. The lowest BCUT2D eigenvalue weighted by atomic mass is 10.0. The Hall–Kier alpha value is -7.18. The van der Waals surface area contributed by atoms with Crippen molar-refractivity contribution in [3.05, 3.63) is 83.8 Å². The number of alkyl carbamates (subject to hydrolysis) is 2. The van der Waals surface area contributed by atoms with E-state index in [9.17, 15) is 19.2 Å². The Morgan fingerprint density at radius 2 is 1.34 bits per heavy atom. The molecule has 4 aromatic heterocycles. The summed E-state index contributed by atoms with van der Waals surface area (Å²) in [5, 5.41) is 10.5. The molecule has 6 aromatic rings. The number of aromatic amines is 2. The van der Waals surface area contributed by atoms with Crippen molar-refractivity contribution in [1.29, 1.82) is 0 Å². The lowest BCUT2D eigenvalue weighted by Crippen LogP contribution is -2.51. The predicted octanol–water partition coefficient (Wildman–Crippen LogP) is 8.37. The number of benzene rings is 2. The molecule has 0 saturated carbocycles. The van der Waals surface area contributed by atoms with Crippen LogP contribution in [0.25, 0.3) is 44.7 Å². The van der Waals surface area contributed by atoms with E-state index in [1.54, 1.807) is 28.3 Å². The highest BCUT2D eigenvalue weighted by Gasteiger charge is 2.40. The SMILES string of the molecule is COC(=O)N[C@H](C(=O)N1CCC[C@H]1c1ncc(-c2cc(F)c3c(c2)O[C@@H](c2cc(C(C)C)no2)n2c-3cc3cc(-c4cnc([C@@H]5CCCN5C(=O)[C@@H](NC(=O)OC)C(C)C)[nH]4)ccc32)[nH]1)C(C)C. The highest BCUT2D eigenvalue weighted by Crippen LogP contribution is 2.48. The average Bonchev–Trinajstić information content (AvgIpc) is 4.18. The van der Waals surface area contributed by atoms with Crippen molar-refractivity contribution in [2.24, 2.45) is 11.8 Å². The van der Waals surface area contributed by atoms with Crippen LogP contribution in [0.3, 0.4) is 0 Å². The Kier molecular flexibility index (Phi) is 12.5. The van der Waals surface area contributed by atoms with E-state index in [1.807, 2.05) is 76.4 Å². The molecule has 0 aliphatic carbocycles. The summed E-state index contributed by atoms with van der Waals surface area (Å²) in [6, 6.07) is 10.7. The normalized spacial score (nSPS) is 18.7. The van der Waals surface area contributed by atoms with E-state index in [-0.39, 0.29) is 47.2 Å². The van der Waals surface area contributed by atoms with Crippen LogP contribution in [0.15, 0.2) is 59.4 Å². The third kappa shape index (κ3) is 8.42. The average molecular weight is 933 g/mol. The van der Waals surface area contributed by atoms with Gasteiger partial charge in [-0.25, -0.2) is 23.9 Å². The van der Waals surface area contributed by atoms with E-state index in [2.05, 4.69) is 30.7 Å². The Morgan fingerprint density at radius 1 is 0.765 bits per heavy atom. The largest absolute Gasteiger partial charge is 0.462 e. The second kappa shape index (κ2) is 18.5. The van der Waals surface area contributed by atoms with Gasteiger partial charge in [-0.3, -0.25) is 14.2 Å². The summed E-state index contributed by atoms with van der Waals surface area (Å²) < 4.78 is 41.0. The number of halogens is 1. The van der Waals surface area contributed by atoms with Gasteiger partial charge in [0.05, 0.1) is 72.6 Å². The van der Waals surface area contributed by atoms with Gasteiger partial charge in [0, 0.05) is 35.7 Å². The first kappa shape index (κ1) is 46.0. The molecule has 2 saturated heterocycles. The number of nitrogens with one attached hydrogen (secondary N) is 4. The smallest absolute Gasteiger partial charge is 0.407 e. The lowest BCUT2D eigenvalue weighted by molar-refractivity contribution is -0.136. The quantitative estimate of drug-likeness (QED) is 0.0915. The molecule has 0 bridgehead atoms. The molecular formula is C49H57FN10O8. The number of H-pyrrole nitrogens is 2. The third-order valence-corrected chi connectivity index (χ3v) is 13.3. The van der Waals surface area contributed by atoms with Gasteiger partial charge in [0.2, 0.25) is 18.0 Å². The second-order valence-corrected chi connectivity index (χ2v) is 18.7. The lowest BCUT2D eigenvalue weighted by Gasteiger charge is -2.30. The first-order valence-corrected chi connectivity index (χ1v) is 23.2. The minimum atomic E-state index is -0.841. The summed E-state index contributed by atoms with van der Waals surface area (Å²) in [4.78, 5) is 71.6. The fraction of sp³-hybridized carbons (Fsp3) is 0.449. The number of hydrogen-bond donors (Lipinski definition) is 4. The molecule has 2 fully saturated rings. The zero-order chi connectivity index (χ0) is 48.1. The number of rotatable bonds is 12. The van der Waals surface area contributed by atoms with E-state index in [0.717, 1.165) is 40.7 Å². The van der Waals surface area contributed by atoms with Crippen LogP contribution >= 0.6 is 0 Å². The minimum Gasteiger partial charge on any atom is -0.462 e. The Bertz CT molecular complexity index is 2880. The number of amides is 4. The van der Waals surface area contributed by atoms with Crippen LogP contribution in [-0.4, -0.2) is 103 Å². The maximum Gasteiger partial charge on any atom is 0.407 e. The van der Waals surface area contributed by atoms with Gasteiger partial charge >= 0.3 is 12.2 Å². The highest BCUT2D eigenvalue weighted by atomic mass is 19.1. The van der Waals surface area contributed by atoms with Crippen molar-refractivity contribution >= 4 is 34.9 Å². The number of carbonyl (C=O) groups excluding carboxylic acids is 4. The Labute approximate surface area is 392 Å². The van der Waals surface area contributed by atoms with Gasteiger partial charge in [-0.1, -0.05) is 52.8 Å². The molecule has 18 nitrogen and oxygen atoms in total. The van der Waals surface area contributed by atoms with Crippen molar-refractivity contribution in [2.45, 2.75) is 104 Å². The van der Waals surface area contributed by atoms with Crippen molar-refractivity contribution in [2.75, 3.05) is 27.3 Å². The summed E-state index contributed by atoms with van der Waals surface area (Å²) in [6.07, 6.45) is 4.09. The molecule has 5 atom stereocenters. The summed E-state index contributed by atoms with van der Waals surface area (Å²) in [7, 11) is 2.53. The van der Waals surface area contributed by atoms with Crippen LogP contribution in [0.5, 0.6) is 5.75 Å². The molecule has 4 N–H and O–H groups in total. The van der Waals surface area contributed by atoms with Crippen LogP contribution in [0.1, 0.15) is 115 Å². The molecule has 3 aliphatic rings. The van der Waals surface area contributed by atoms with Gasteiger partial charge in [-0.2, -0.15) is 0 Å². The number of fused-ring (bicyclic) bond motifs is 5. The van der Waals surface area contributed by atoms with Gasteiger partial charge in [0.25, 0.3) is 0 Å². The summed E-state index contributed by atoms with van der Waals surface area (Å²) in [6.45, 7) is 12.5. The molecule has 19 heteroatoms. The zero-order valence-corrected chi connectivity index (χ0v) is 39.4. The van der Waals surface area contributed by atoms with Crippen LogP contribution in [0, 0.1) is 17.7 Å². The Balaban J connectivity index is 1.03. The number of ether oxygens (including phenoxy) is 3. The predicted molar refractivity (Wildman–Crippen MR) is 248 cm³/mol. The summed E-state index contributed by atoms with van der Waals surface area (Å²) >= 11 is 0. The number of aromatic nitrogens is 6. The van der Waals surface area contributed by atoms with E-state index >= 15 is 4.39 Å². The van der Waals surface area contributed by atoms with Crippen molar-refractivity contribution in [3.63, 3.8) is 0 Å². The number of nitrogens with zero attached hydrogens (tertiary/aromatic N) is 6. The molecule has 0 unspecified atom stereocenters. The summed E-state index contributed by atoms with van der Waals surface area (Å²) in [5.41, 5.74) is 4.96. The van der Waals surface area contributed by atoms with Crippen LogP contribution < -0.4 is 15.4 Å². The molecule has 358 valence electrons. The van der Waals surface area contributed by atoms with Crippen LogP contribution in [0.4, 0.5) is 14.0 Å². The first-order chi connectivity index (χ1) is 32.6. The van der Waals surface area contributed by atoms with E-state index in [0.29, 0.717) is 66.0 Å². The van der Waals surface area contributed by atoms with E-state index in [4.69, 9.17) is 23.7 Å². The molecule has 0 radical (unpaired) electrons. The Morgan fingerprint density at radius 3 is 1.87 bits per heavy atom. The minimum absolute atomic E-state index is 0.0822. The topological polar surface area (TPSA) is 215 Å². The molecule has 4 amide bonds. The third-order valence-electron chi connectivity index (χ3n) is 13.3. The number of likely N-dealkylation sites (tertiary alicyclic amines) is 2. The van der Waals surface area contributed by atoms with Gasteiger partial charge in [-0.15, -0.1) is 0 Å². The van der Waals surface area contributed by atoms with E-state index < -0.39 is 36.3 Å². The van der Waals surface area contributed by atoms with Gasteiger partial charge in [0.15, 0.2) is 5.76 Å². The van der Waals surface area contributed by atoms with Gasteiger partial charge in [0.1, 0.15) is 35.3 Å². The number of hydrogen-bond acceptors (Lipinski definition) is 11. The molecule has 68 heavy (non-hydrogen) atoms. The molecule has 2 aromatic carbocycles. The molecule has 0 spiro atoms. The molecule has 9 rings (SSSR count). The van der Waals surface area contributed by atoms with Crippen molar-refractivity contribution in [3.8, 4) is 39.5 Å². The number of methoxy groups -OCH3 is 2. The van der Waals surface area contributed by atoms with Crippen LogP contribution in [0.2, 0.25) is 0 Å². The standard InChI is InChI=1S/C49H57FN10O8/c1-24(2)31-21-39(68-57-31)47-60-34-14-13-27(32-22-51-43(53-32)35-11-9-15-58(35)45(61)41(25(3)4)55-48(63)65-7)17-29(34)19-37(60)40-30(50)18-28(20-38(40)67-47)33-23-52-44(54-33)36-12-10-16-59(36)46(62)42(26(5)6)56-49(64)66-8/h13-14,17-26,35-36,41-42,47H,9-12,15-16H2,1-8H3,(H,51,53)(H,52,54)(H,55,63)(H,56,64)/t35-,36-,41-,42-,47-/m0/s1. The molecule has 7 heterocycles. The second-order valence-electron chi connectivity index (χ2n) is 18.7. The van der Waals surface area contributed by atoms with Crippen molar-refractivity contribution in [1.82, 2.24) is 50.1 Å². The summed E-state index contributed by atoms with van der Waals surface area (Å²) in [5.74, 6) is 0.719. The molecular weight excluding hydrogens is 876 g/mol. The number of imidazole rings is 2. The first-order valence-electron chi connectivity index (χ1n) is 23.2. The van der Waals surface area contributed by atoms with Crippen molar-refractivity contribution < 1.29 is 42.3 Å². The number of carbonyl (C=O) groups is 4. The monoisotopic (exact) mass is 932 g/mol. The molecule has 3 aliphatic heterocycles. The van der Waals surface area contributed by atoms with Crippen LogP contribution in [-0.2, 0) is 19.1 Å².